The average molecular weight is 342 g/mol. The van der Waals surface area contributed by atoms with E-state index in [9.17, 15) is 4.39 Å². The van der Waals surface area contributed by atoms with E-state index in [1.54, 1.807) is 12.1 Å². The van der Waals surface area contributed by atoms with Crippen LogP contribution in [0.4, 0.5) is 4.39 Å². The van der Waals surface area contributed by atoms with E-state index in [-0.39, 0.29) is 5.82 Å². The largest absolute Gasteiger partial charge is 0.314 e. The zero-order chi connectivity index (χ0) is 14.5. The molecule has 0 aliphatic heterocycles. The van der Waals surface area contributed by atoms with Crippen molar-refractivity contribution in [2.75, 3.05) is 6.54 Å². The average Bonchev–Trinajstić information content (AvgIpc) is 2.44. The predicted molar refractivity (Wildman–Crippen MR) is 86.4 cm³/mol. The number of rotatable bonds is 5. The quantitative estimate of drug-likeness (QED) is 0.800. The second kappa shape index (κ2) is 7.56. The van der Waals surface area contributed by atoms with E-state index < -0.39 is 0 Å². The Balaban J connectivity index is 2.09. The van der Waals surface area contributed by atoms with Crippen LogP contribution in [0, 0.1) is 17.7 Å². The molecule has 3 heteroatoms. The molecule has 0 saturated heterocycles. The molecule has 0 aromatic heterocycles. The minimum absolute atomic E-state index is 0.168. The Bertz CT molecular complexity index is 435. The monoisotopic (exact) mass is 341 g/mol. The van der Waals surface area contributed by atoms with E-state index >= 15 is 0 Å². The molecule has 2 rings (SSSR count). The molecule has 0 heterocycles. The third-order valence-electron chi connectivity index (χ3n) is 4.63. The van der Waals surface area contributed by atoms with Gasteiger partial charge in [0.05, 0.1) is 0 Å². The molecule has 0 amide bonds. The number of hydrogen-bond donors (Lipinski definition) is 1. The summed E-state index contributed by atoms with van der Waals surface area (Å²) >= 11 is 3.50. The molecule has 112 valence electrons. The Morgan fingerprint density at radius 3 is 2.75 bits per heavy atom. The van der Waals surface area contributed by atoms with Gasteiger partial charge >= 0.3 is 0 Å². The van der Waals surface area contributed by atoms with E-state index in [2.05, 4.69) is 35.1 Å². The molecular weight excluding hydrogens is 317 g/mol. The smallest absolute Gasteiger partial charge is 0.124 e. The van der Waals surface area contributed by atoms with Crippen molar-refractivity contribution in [3.63, 3.8) is 0 Å². The van der Waals surface area contributed by atoms with Crippen molar-refractivity contribution in [3.8, 4) is 0 Å². The molecule has 3 atom stereocenters. The van der Waals surface area contributed by atoms with E-state index in [0.29, 0.717) is 12.0 Å². The number of benzene rings is 1. The number of nitrogens with one attached hydrogen (secondary N) is 1. The minimum atomic E-state index is -0.168. The van der Waals surface area contributed by atoms with Gasteiger partial charge in [0.15, 0.2) is 0 Å². The maximum absolute atomic E-state index is 13.2. The standard InChI is InChI=1S/C17H25BrFN/c1-3-12-5-8-17(20-4-2)14(9-12)10-13-6-7-15(19)11-16(13)18/h6-7,11-12,14,17,20H,3-5,8-10H2,1-2H3. The molecule has 1 saturated carbocycles. The second-order valence-corrected chi connectivity index (χ2v) is 6.81. The highest BCUT2D eigenvalue weighted by Gasteiger charge is 2.29. The van der Waals surface area contributed by atoms with Crippen LogP contribution in [0.5, 0.6) is 0 Å². The molecule has 20 heavy (non-hydrogen) atoms. The summed E-state index contributed by atoms with van der Waals surface area (Å²) in [5.41, 5.74) is 1.23. The van der Waals surface area contributed by atoms with Crippen molar-refractivity contribution in [2.24, 2.45) is 11.8 Å². The zero-order valence-electron chi connectivity index (χ0n) is 12.5. The summed E-state index contributed by atoms with van der Waals surface area (Å²) in [4.78, 5) is 0. The molecule has 1 N–H and O–H groups in total. The van der Waals surface area contributed by atoms with E-state index in [4.69, 9.17) is 0 Å². The Morgan fingerprint density at radius 1 is 1.30 bits per heavy atom. The third kappa shape index (κ3) is 4.05. The first kappa shape index (κ1) is 16.0. The van der Waals surface area contributed by atoms with Crippen LogP contribution in [0.15, 0.2) is 22.7 Å². The van der Waals surface area contributed by atoms with Crippen LogP contribution in [-0.2, 0) is 6.42 Å². The molecule has 1 aliphatic carbocycles. The molecule has 0 radical (unpaired) electrons. The van der Waals surface area contributed by atoms with Gasteiger partial charge in [-0.2, -0.15) is 0 Å². The predicted octanol–water partition coefficient (Wildman–Crippen LogP) is 4.94. The van der Waals surface area contributed by atoms with Crippen molar-refractivity contribution < 1.29 is 4.39 Å². The first-order valence-corrected chi connectivity index (χ1v) is 8.60. The highest BCUT2D eigenvalue weighted by Crippen LogP contribution is 2.34. The number of halogens is 2. The fourth-order valence-corrected chi connectivity index (χ4v) is 3.97. The topological polar surface area (TPSA) is 12.0 Å². The molecule has 1 aromatic carbocycles. The summed E-state index contributed by atoms with van der Waals surface area (Å²) in [6.07, 6.45) is 6.22. The van der Waals surface area contributed by atoms with Crippen LogP contribution in [0.3, 0.4) is 0 Å². The van der Waals surface area contributed by atoms with E-state index in [1.165, 1.54) is 31.2 Å². The van der Waals surface area contributed by atoms with Gasteiger partial charge in [-0.25, -0.2) is 4.39 Å². The maximum Gasteiger partial charge on any atom is 0.124 e. The molecular formula is C17H25BrFN. The lowest BCUT2D eigenvalue weighted by Gasteiger charge is -2.36. The SMILES string of the molecule is CCNC1CCC(CC)CC1Cc1ccc(F)cc1Br. The van der Waals surface area contributed by atoms with Crippen molar-refractivity contribution in [1.29, 1.82) is 0 Å². The third-order valence-corrected chi connectivity index (χ3v) is 5.37. The van der Waals surface area contributed by atoms with Crippen LogP contribution >= 0.6 is 15.9 Å². The maximum atomic E-state index is 13.2. The van der Waals surface area contributed by atoms with Gasteiger partial charge in [-0.1, -0.05) is 42.3 Å². The molecule has 1 aromatic rings. The zero-order valence-corrected chi connectivity index (χ0v) is 14.0. The normalized spacial score (nSPS) is 26.7. The summed E-state index contributed by atoms with van der Waals surface area (Å²) in [6, 6.07) is 5.69. The van der Waals surface area contributed by atoms with Gasteiger partial charge in [0.25, 0.3) is 0 Å². The van der Waals surface area contributed by atoms with Crippen molar-refractivity contribution in [3.05, 3.63) is 34.1 Å². The van der Waals surface area contributed by atoms with Crippen LogP contribution < -0.4 is 5.32 Å². The molecule has 1 fully saturated rings. The Hall–Kier alpha value is -0.410. The van der Waals surface area contributed by atoms with E-state index in [1.807, 2.05) is 6.07 Å². The molecule has 0 bridgehead atoms. The fourth-order valence-electron chi connectivity index (χ4n) is 3.46. The van der Waals surface area contributed by atoms with Crippen LogP contribution in [0.2, 0.25) is 0 Å². The molecule has 1 aliphatic rings. The summed E-state index contributed by atoms with van der Waals surface area (Å²) < 4.78 is 14.1. The fraction of sp³-hybridized carbons (Fsp3) is 0.647. The first-order valence-electron chi connectivity index (χ1n) is 7.81. The van der Waals surface area contributed by atoms with Crippen LogP contribution in [-0.4, -0.2) is 12.6 Å². The lowest BCUT2D eigenvalue weighted by molar-refractivity contribution is 0.199. The van der Waals surface area contributed by atoms with Crippen molar-refractivity contribution in [2.45, 2.75) is 52.0 Å². The summed E-state index contributed by atoms with van der Waals surface area (Å²) in [5, 5.41) is 3.64. The van der Waals surface area contributed by atoms with Gasteiger partial charge in [-0.05, 0) is 61.8 Å². The molecule has 0 spiro atoms. The van der Waals surface area contributed by atoms with Crippen molar-refractivity contribution in [1.82, 2.24) is 5.32 Å². The first-order chi connectivity index (χ1) is 9.63. The van der Waals surface area contributed by atoms with E-state index in [0.717, 1.165) is 23.4 Å². The lowest BCUT2D eigenvalue weighted by atomic mass is 9.74. The van der Waals surface area contributed by atoms with Gasteiger partial charge in [-0.15, -0.1) is 0 Å². The van der Waals surface area contributed by atoms with Gasteiger partial charge in [0.2, 0.25) is 0 Å². The summed E-state index contributed by atoms with van der Waals surface area (Å²) in [5.74, 6) is 1.35. The highest BCUT2D eigenvalue weighted by molar-refractivity contribution is 9.10. The van der Waals surface area contributed by atoms with Gasteiger partial charge in [-0.3, -0.25) is 0 Å². The molecule has 3 unspecified atom stereocenters. The van der Waals surface area contributed by atoms with Gasteiger partial charge in [0.1, 0.15) is 5.82 Å². The Labute approximate surface area is 130 Å². The van der Waals surface area contributed by atoms with Crippen molar-refractivity contribution >= 4 is 15.9 Å². The lowest BCUT2D eigenvalue weighted by Crippen LogP contribution is -2.41. The minimum Gasteiger partial charge on any atom is -0.314 e. The second-order valence-electron chi connectivity index (χ2n) is 5.95. The highest BCUT2D eigenvalue weighted by atomic mass is 79.9. The summed E-state index contributed by atoms with van der Waals surface area (Å²) in [6.45, 7) is 5.50. The Morgan fingerprint density at radius 2 is 2.10 bits per heavy atom. The molecule has 1 nitrogen and oxygen atoms in total. The summed E-state index contributed by atoms with van der Waals surface area (Å²) in [7, 11) is 0. The van der Waals surface area contributed by atoms with Gasteiger partial charge < -0.3 is 5.32 Å². The number of hydrogen-bond acceptors (Lipinski definition) is 1. The van der Waals surface area contributed by atoms with Crippen LogP contribution in [0.25, 0.3) is 0 Å². The van der Waals surface area contributed by atoms with Gasteiger partial charge in [0, 0.05) is 10.5 Å². The Kier molecular flexibility index (Phi) is 6.03. The van der Waals surface area contributed by atoms with Crippen LogP contribution in [0.1, 0.15) is 45.1 Å².